The molecule has 0 aromatic heterocycles. The third-order valence-corrected chi connectivity index (χ3v) is 3.79. The number of piperidine rings is 1. The second-order valence-corrected chi connectivity index (χ2v) is 5.44. The molecule has 1 atom stereocenters. The van der Waals surface area contributed by atoms with Gasteiger partial charge in [0.1, 0.15) is 6.04 Å². The zero-order valence-corrected chi connectivity index (χ0v) is 12.3. The molecule has 23 heavy (non-hydrogen) atoms. The minimum atomic E-state index is -4.85. The summed E-state index contributed by atoms with van der Waals surface area (Å²) in [7, 11) is 0. The zero-order valence-electron chi connectivity index (χ0n) is 12.3. The maximum absolute atomic E-state index is 13.7. The summed E-state index contributed by atoms with van der Waals surface area (Å²) in [5.74, 6) is -3.40. The van der Waals surface area contributed by atoms with Crippen molar-refractivity contribution in [3.05, 3.63) is 35.4 Å². The van der Waals surface area contributed by atoms with Crippen LogP contribution in [0.4, 0.5) is 22.0 Å². The van der Waals surface area contributed by atoms with Gasteiger partial charge in [-0.1, -0.05) is 12.1 Å². The van der Waals surface area contributed by atoms with E-state index >= 15 is 0 Å². The molecule has 1 aliphatic rings. The molecular formula is C15H17F5N2O. The smallest absolute Gasteiger partial charge is 0.342 e. The van der Waals surface area contributed by atoms with Gasteiger partial charge in [0.05, 0.1) is 6.54 Å². The molecule has 1 aliphatic heterocycles. The summed E-state index contributed by atoms with van der Waals surface area (Å²) in [5.41, 5.74) is -0.857. The van der Waals surface area contributed by atoms with Crippen molar-refractivity contribution in [2.24, 2.45) is 0 Å². The molecular weight excluding hydrogens is 319 g/mol. The first kappa shape index (κ1) is 17.7. The van der Waals surface area contributed by atoms with Crippen molar-refractivity contribution in [1.82, 2.24) is 10.2 Å². The molecule has 0 bridgehead atoms. The normalized spacial score (nSPS) is 17.2. The number of benzene rings is 1. The van der Waals surface area contributed by atoms with Crippen LogP contribution in [0.3, 0.4) is 0 Å². The van der Waals surface area contributed by atoms with Gasteiger partial charge < -0.3 is 4.90 Å². The molecule has 1 aromatic rings. The van der Waals surface area contributed by atoms with E-state index in [2.05, 4.69) is 0 Å². The Hall–Kier alpha value is -1.70. The van der Waals surface area contributed by atoms with E-state index in [4.69, 9.17) is 0 Å². The van der Waals surface area contributed by atoms with Crippen molar-refractivity contribution < 1.29 is 26.7 Å². The maximum atomic E-state index is 13.7. The lowest BCUT2D eigenvalue weighted by molar-refractivity contribution is -0.159. The van der Waals surface area contributed by atoms with Crippen LogP contribution in [-0.2, 0) is 4.79 Å². The fraction of sp³-hybridized carbons (Fsp3) is 0.533. The highest BCUT2D eigenvalue weighted by Gasteiger charge is 2.42. The van der Waals surface area contributed by atoms with Gasteiger partial charge in [-0.25, -0.2) is 8.78 Å². The number of carbonyl (C=O) groups excluding carboxylic acids is 1. The van der Waals surface area contributed by atoms with E-state index in [1.54, 1.807) is 0 Å². The van der Waals surface area contributed by atoms with Gasteiger partial charge in [-0.15, -0.1) is 0 Å². The van der Waals surface area contributed by atoms with Gasteiger partial charge in [0.15, 0.2) is 11.6 Å². The van der Waals surface area contributed by atoms with Crippen LogP contribution in [0.15, 0.2) is 18.2 Å². The molecule has 0 unspecified atom stereocenters. The quantitative estimate of drug-likeness (QED) is 0.857. The van der Waals surface area contributed by atoms with Crippen molar-refractivity contribution in [2.45, 2.75) is 31.5 Å². The summed E-state index contributed by atoms with van der Waals surface area (Å²) in [6.07, 6.45) is -2.24. The van der Waals surface area contributed by atoms with Crippen LogP contribution in [0.1, 0.15) is 30.9 Å². The molecule has 1 heterocycles. The largest absolute Gasteiger partial charge is 0.408 e. The van der Waals surface area contributed by atoms with Gasteiger partial charge in [0.2, 0.25) is 5.91 Å². The molecule has 1 N–H and O–H groups in total. The first-order valence-electron chi connectivity index (χ1n) is 7.32. The zero-order chi connectivity index (χ0) is 17.0. The van der Waals surface area contributed by atoms with Crippen LogP contribution in [-0.4, -0.2) is 36.6 Å². The summed E-state index contributed by atoms with van der Waals surface area (Å²) in [6, 6.07) is 0.160. The number of rotatable bonds is 4. The van der Waals surface area contributed by atoms with Crippen molar-refractivity contribution in [3.8, 4) is 0 Å². The Kier molecular flexibility index (Phi) is 5.56. The van der Waals surface area contributed by atoms with E-state index < -0.39 is 41.9 Å². The molecule has 1 aromatic carbocycles. The SMILES string of the molecule is O=C(CN[C@@H](c1cccc(F)c1F)C(F)(F)F)N1CCCCC1. The third-order valence-electron chi connectivity index (χ3n) is 3.79. The Morgan fingerprint density at radius 1 is 1.17 bits per heavy atom. The third kappa shape index (κ3) is 4.40. The minimum absolute atomic E-state index is 0.476. The summed E-state index contributed by atoms with van der Waals surface area (Å²) in [6.45, 7) is 0.428. The molecule has 0 saturated carbocycles. The number of nitrogens with one attached hydrogen (secondary N) is 1. The monoisotopic (exact) mass is 336 g/mol. The number of carbonyl (C=O) groups is 1. The molecule has 128 valence electrons. The van der Waals surface area contributed by atoms with Crippen LogP contribution < -0.4 is 5.32 Å². The number of alkyl halides is 3. The summed E-state index contributed by atoms with van der Waals surface area (Å²) in [5, 5.41) is 2.02. The number of likely N-dealkylation sites (tertiary alicyclic amines) is 1. The summed E-state index contributed by atoms with van der Waals surface area (Å²) in [4.78, 5) is 13.4. The standard InChI is InChI=1S/C15H17F5N2O/c16-11-6-4-5-10(13(11)17)14(15(18,19)20)21-9-12(23)22-7-2-1-3-8-22/h4-6,14,21H,1-3,7-9H2/t14-/m0/s1. The lowest BCUT2D eigenvalue weighted by Gasteiger charge is -2.28. The lowest BCUT2D eigenvalue weighted by atomic mass is 10.1. The van der Waals surface area contributed by atoms with Gasteiger partial charge in [-0.3, -0.25) is 10.1 Å². The van der Waals surface area contributed by atoms with E-state index in [0.717, 1.165) is 37.5 Å². The fourth-order valence-electron chi connectivity index (χ4n) is 2.59. The molecule has 0 spiro atoms. The van der Waals surface area contributed by atoms with Crippen LogP contribution >= 0.6 is 0 Å². The maximum Gasteiger partial charge on any atom is 0.408 e. The van der Waals surface area contributed by atoms with Gasteiger partial charge >= 0.3 is 6.18 Å². The van der Waals surface area contributed by atoms with Gasteiger partial charge in [0.25, 0.3) is 0 Å². The number of halogens is 5. The van der Waals surface area contributed by atoms with E-state index in [1.165, 1.54) is 4.90 Å². The number of nitrogens with zero attached hydrogens (tertiary/aromatic N) is 1. The average molecular weight is 336 g/mol. The van der Waals surface area contributed by atoms with E-state index in [0.29, 0.717) is 13.1 Å². The average Bonchev–Trinajstić information content (AvgIpc) is 2.51. The minimum Gasteiger partial charge on any atom is -0.342 e. The Morgan fingerprint density at radius 2 is 1.83 bits per heavy atom. The molecule has 1 amide bonds. The Morgan fingerprint density at radius 3 is 2.43 bits per heavy atom. The van der Waals surface area contributed by atoms with Crippen molar-refractivity contribution in [1.29, 1.82) is 0 Å². The Labute approximate surface area is 130 Å². The first-order chi connectivity index (χ1) is 10.8. The second-order valence-electron chi connectivity index (χ2n) is 5.44. The van der Waals surface area contributed by atoms with E-state index in [9.17, 15) is 26.7 Å². The Balaban J connectivity index is 2.10. The fourth-order valence-corrected chi connectivity index (χ4v) is 2.59. The highest BCUT2D eigenvalue weighted by Crippen LogP contribution is 2.34. The van der Waals surface area contributed by atoms with E-state index in [-0.39, 0.29) is 0 Å². The van der Waals surface area contributed by atoms with Crippen LogP contribution in [0.25, 0.3) is 0 Å². The summed E-state index contributed by atoms with van der Waals surface area (Å²) < 4.78 is 66.2. The van der Waals surface area contributed by atoms with Crippen molar-refractivity contribution in [2.75, 3.05) is 19.6 Å². The topological polar surface area (TPSA) is 32.3 Å². The predicted molar refractivity (Wildman–Crippen MR) is 73.6 cm³/mol. The molecule has 8 heteroatoms. The van der Waals surface area contributed by atoms with Gasteiger partial charge in [0, 0.05) is 18.7 Å². The molecule has 0 aliphatic carbocycles. The van der Waals surface area contributed by atoms with E-state index in [1.807, 2.05) is 5.32 Å². The molecule has 2 rings (SSSR count). The molecule has 0 radical (unpaired) electrons. The first-order valence-corrected chi connectivity index (χ1v) is 7.32. The molecule has 1 fully saturated rings. The van der Waals surface area contributed by atoms with Gasteiger partial charge in [-0.05, 0) is 25.3 Å². The van der Waals surface area contributed by atoms with Crippen LogP contribution in [0.2, 0.25) is 0 Å². The predicted octanol–water partition coefficient (Wildman–Crippen LogP) is 3.17. The number of hydrogen-bond donors (Lipinski definition) is 1. The van der Waals surface area contributed by atoms with Crippen molar-refractivity contribution >= 4 is 5.91 Å². The number of hydrogen-bond acceptors (Lipinski definition) is 2. The highest BCUT2D eigenvalue weighted by molar-refractivity contribution is 5.78. The molecule has 3 nitrogen and oxygen atoms in total. The van der Waals surface area contributed by atoms with Crippen LogP contribution in [0.5, 0.6) is 0 Å². The van der Waals surface area contributed by atoms with Crippen molar-refractivity contribution in [3.63, 3.8) is 0 Å². The molecule has 1 saturated heterocycles. The highest BCUT2D eigenvalue weighted by atomic mass is 19.4. The van der Waals surface area contributed by atoms with Gasteiger partial charge in [-0.2, -0.15) is 13.2 Å². The summed E-state index contributed by atoms with van der Waals surface area (Å²) >= 11 is 0. The lowest BCUT2D eigenvalue weighted by Crippen LogP contribution is -2.44. The Bertz CT molecular complexity index is 555. The van der Waals surface area contributed by atoms with Crippen LogP contribution in [0, 0.1) is 11.6 Å². The second kappa shape index (κ2) is 7.25. The number of amides is 1.